The van der Waals surface area contributed by atoms with Gasteiger partial charge in [0.05, 0.1) is 11.6 Å². The highest BCUT2D eigenvalue weighted by Gasteiger charge is 2.34. The minimum Gasteiger partial charge on any atom is -0.375 e. The van der Waals surface area contributed by atoms with Gasteiger partial charge in [0.1, 0.15) is 0 Å². The van der Waals surface area contributed by atoms with E-state index < -0.39 is 0 Å². The van der Waals surface area contributed by atoms with Gasteiger partial charge in [0.25, 0.3) is 0 Å². The van der Waals surface area contributed by atoms with Crippen molar-refractivity contribution < 1.29 is 4.74 Å². The first-order chi connectivity index (χ1) is 7.15. The molecule has 0 aromatic carbocycles. The van der Waals surface area contributed by atoms with Gasteiger partial charge in [-0.3, -0.25) is 5.43 Å². The van der Waals surface area contributed by atoms with Crippen molar-refractivity contribution >= 4 is 5.96 Å². The van der Waals surface area contributed by atoms with Crippen LogP contribution in [0.3, 0.4) is 0 Å². The van der Waals surface area contributed by atoms with E-state index in [0.29, 0.717) is 5.96 Å². The molecular formula is C10H22N4O. The van der Waals surface area contributed by atoms with Crippen LogP contribution >= 0.6 is 0 Å². The summed E-state index contributed by atoms with van der Waals surface area (Å²) >= 11 is 0. The van der Waals surface area contributed by atoms with E-state index in [1.807, 2.05) is 0 Å². The lowest BCUT2D eigenvalue weighted by Crippen LogP contribution is -2.43. The molecule has 0 aliphatic carbocycles. The lowest BCUT2D eigenvalue weighted by Gasteiger charge is -2.38. The fourth-order valence-corrected chi connectivity index (χ4v) is 2.09. The Morgan fingerprint density at radius 3 is 2.73 bits per heavy atom. The van der Waals surface area contributed by atoms with Crippen LogP contribution in [0.1, 0.15) is 39.5 Å². The Balaban J connectivity index is 2.63. The Labute approximate surface area is 91.2 Å². The molecule has 1 unspecified atom stereocenters. The molecule has 1 rings (SSSR count). The average molecular weight is 214 g/mol. The molecule has 5 nitrogen and oxygen atoms in total. The number of ether oxygens (including phenoxy) is 1. The molecule has 0 aromatic rings. The van der Waals surface area contributed by atoms with Gasteiger partial charge in [-0.15, -0.1) is 0 Å². The molecule has 0 bridgehead atoms. The van der Waals surface area contributed by atoms with Gasteiger partial charge in [-0.05, 0) is 25.7 Å². The molecule has 0 aromatic heterocycles. The summed E-state index contributed by atoms with van der Waals surface area (Å²) in [4.78, 5) is 4.32. The van der Waals surface area contributed by atoms with Crippen molar-refractivity contribution in [3.63, 3.8) is 0 Å². The van der Waals surface area contributed by atoms with Crippen LogP contribution in [0, 0.1) is 0 Å². The van der Waals surface area contributed by atoms with Gasteiger partial charge in [0.2, 0.25) is 5.96 Å². The zero-order chi connectivity index (χ0) is 11.3. The number of hydrazine groups is 1. The van der Waals surface area contributed by atoms with Crippen molar-refractivity contribution in [1.29, 1.82) is 0 Å². The van der Waals surface area contributed by atoms with Gasteiger partial charge in [-0.25, -0.2) is 10.8 Å². The van der Waals surface area contributed by atoms with E-state index in [1.54, 1.807) is 0 Å². The molecule has 5 N–H and O–H groups in total. The lowest BCUT2D eigenvalue weighted by molar-refractivity contribution is -0.0884. The molecule has 15 heavy (non-hydrogen) atoms. The standard InChI is InChI=1S/C10H22N4O/c1-3-10(4-2)7-8(5-6-15-10)13-9(11)14-12/h8H,3-7,12H2,1-2H3,(H3,11,13,14). The molecule has 1 aliphatic heterocycles. The molecule has 1 heterocycles. The number of nitrogens with zero attached hydrogens (tertiary/aromatic N) is 1. The Kier molecular flexibility index (Phi) is 4.35. The zero-order valence-corrected chi connectivity index (χ0v) is 9.62. The molecule has 0 spiro atoms. The molecule has 88 valence electrons. The summed E-state index contributed by atoms with van der Waals surface area (Å²) in [6.45, 7) is 5.06. The Hall–Kier alpha value is -0.810. The summed E-state index contributed by atoms with van der Waals surface area (Å²) in [5.74, 6) is 5.49. The molecular weight excluding hydrogens is 192 g/mol. The molecule has 0 radical (unpaired) electrons. The van der Waals surface area contributed by atoms with Crippen molar-refractivity contribution in [3.05, 3.63) is 0 Å². The minimum absolute atomic E-state index is 0.0126. The van der Waals surface area contributed by atoms with E-state index in [2.05, 4.69) is 24.3 Å². The largest absolute Gasteiger partial charge is 0.375 e. The van der Waals surface area contributed by atoms with Crippen LogP contribution in [0.2, 0.25) is 0 Å². The van der Waals surface area contributed by atoms with Crippen molar-refractivity contribution in [1.82, 2.24) is 5.43 Å². The molecule has 1 saturated heterocycles. The third-order valence-electron chi connectivity index (χ3n) is 3.23. The number of hydrogen-bond acceptors (Lipinski definition) is 3. The number of nitrogens with one attached hydrogen (secondary N) is 1. The maximum Gasteiger partial charge on any atom is 0.203 e. The number of rotatable bonds is 3. The van der Waals surface area contributed by atoms with Gasteiger partial charge in [0.15, 0.2) is 0 Å². The minimum atomic E-state index is -0.0126. The highest BCUT2D eigenvalue weighted by Crippen LogP contribution is 2.32. The van der Waals surface area contributed by atoms with E-state index in [1.165, 1.54) is 0 Å². The number of aliphatic imine (C=N–C) groups is 1. The van der Waals surface area contributed by atoms with Crippen molar-refractivity contribution in [2.75, 3.05) is 6.61 Å². The third kappa shape index (κ3) is 3.07. The van der Waals surface area contributed by atoms with Gasteiger partial charge >= 0.3 is 0 Å². The highest BCUT2D eigenvalue weighted by molar-refractivity contribution is 5.77. The predicted octanol–water partition coefficient (Wildman–Crippen LogP) is 0.502. The van der Waals surface area contributed by atoms with Crippen LogP contribution in [-0.4, -0.2) is 24.2 Å². The third-order valence-corrected chi connectivity index (χ3v) is 3.23. The highest BCUT2D eigenvalue weighted by atomic mass is 16.5. The first-order valence-electron chi connectivity index (χ1n) is 5.59. The maximum atomic E-state index is 5.85. The summed E-state index contributed by atoms with van der Waals surface area (Å²) in [7, 11) is 0. The molecule has 5 heteroatoms. The second kappa shape index (κ2) is 5.32. The topological polar surface area (TPSA) is 85.7 Å². The smallest absolute Gasteiger partial charge is 0.203 e. The summed E-state index contributed by atoms with van der Waals surface area (Å²) in [5, 5.41) is 0. The van der Waals surface area contributed by atoms with Gasteiger partial charge in [-0.1, -0.05) is 13.8 Å². The number of hydrogen-bond donors (Lipinski definition) is 3. The van der Waals surface area contributed by atoms with Crippen LogP contribution in [0.25, 0.3) is 0 Å². The Bertz CT molecular complexity index is 225. The van der Waals surface area contributed by atoms with Crippen molar-refractivity contribution in [2.45, 2.75) is 51.2 Å². The predicted molar refractivity (Wildman–Crippen MR) is 61.2 cm³/mol. The van der Waals surface area contributed by atoms with E-state index in [-0.39, 0.29) is 11.6 Å². The number of guanidine groups is 1. The Morgan fingerprint density at radius 2 is 2.20 bits per heavy atom. The Morgan fingerprint density at radius 1 is 1.53 bits per heavy atom. The summed E-state index contributed by atoms with van der Waals surface area (Å²) < 4.78 is 5.85. The first-order valence-corrected chi connectivity index (χ1v) is 5.59. The van der Waals surface area contributed by atoms with Gasteiger partial charge < -0.3 is 10.5 Å². The van der Waals surface area contributed by atoms with E-state index in [9.17, 15) is 0 Å². The molecule has 1 aliphatic rings. The second-order valence-corrected chi connectivity index (χ2v) is 4.04. The normalized spacial score (nSPS) is 26.3. The zero-order valence-electron chi connectivity index (χ0n) is 9.62. The maximum absolute atomic E-state index is 5.85. The quantitative estimate of drug-likeness (QED) is 0.276. The van der Waals surface area contributed by atoms with E-state index in [0.717, 1.165) is 32.3 Å². The van der Waals surface area contributed by atoms with Crippen LogP contribution in [0.4, 0.5) is 0 Å². The monoisotopic (exact) mass is 214 g/mol. The van der Waals surface area contributed by atoms with Crippen molar-refractivity contribution in [2.24, 2.45) is 16.6 Å². The lowest BCUT2D eigenvalue weighted by atomic mass is 9.86. The second-order valence-electron chi connectivity index (χ2n) is 4.04. The van der Waals surface area contributed by atoms with E-state index >= 15 is 0 Å². The molecule has 1 fully saturated rings. The van der Waals surface area contributed by atoms with Crippen LogP contribution in [0.5, 0.6) is 0 Å². The van der Waals surface area contributed by atoms with Crippen LogP contribution < -0.4 is 17.0 Å². The van der Waals surface area contributed by atoms with E-state index in [4.69, 9.17) is 16.3 Å². The van der Waals surface area contributed by atoms with Crippen molar-refractivity contribution in [3.8, 4) is 0 Å². The molecule has 1 atom stereocenters. The molecule has 0 amide bonds. The summed E-state index contributed by atoms with van der Waals surface area (Å²) in [6, 6.07) is 0.231. The summed E-state index contributed by atoms with van der Waals surface area (Å²) in [6.07, 6.45) is 3.89. The first kappa shape index (κ1) is 12.3. The average Bonchev–Trinajstić information content (AvgIpc) is 2.29. The SMILES string of the molecule is CCC1(CC)CC(N=C(N)NN)CCO1. The van der Waals surface area contributed by atoms with Crippen LogP contribution in [-0.2, 0) is 4.74 Å². The fraction of sp³-hybridized carbons (Fsp3) is 0.900. The van der Waals surface area contributed by atoms with Gasteiger partial charge in [-0.2, -0.15) is 0 Å². The summed E-state index contributed by atoms with van der Waals surface area (Å²) in [5.41, 5.74) is 7.90. The van der Waals surface area contributed by atoms with Crippen LogP contribution in [0.15, 0.2) is 4.99 Å². The fourth-order valence-electron chi connectivity index (χ4n) is 2.09. The number of nitrogens with two attached hydrogens (primary N) is 2. The van der Waals surface area contributed by atoms with Gasteiger partial charge in [0, 0.05) is 6.61 Å². The molecule has 0 saturated carbocycles.